The summed E-state index contributed by atoms with van der Waals surface area (Å²) in [7, 11) is -1.67. The van der Waals surface area contributed by atoms with Crippen molar-refractivity contribution in [2.45, 2.75) is 57.0 Å². The fraction of sp³-hybridized carbons (Fsp3) is 0.625. The number of sulfonamides is 1. The second-order valence-electron chi connectivity index (χ2n) is 5.68. The van der Waals surface area contributed by atoms with Crippen LogP contribution in [0.5, 0.6) is 0 Å². The smallest absolute Gasteiger partial charge is 0.243 e. The molecular weight excluding hydrogens is 284 g/mol. The van der Waals surface area contributed by atoms with Gasteiger partial charge in [0.1, 0.15) is 0 Å². The molecule has 21 heavy (non-hydrogen) atoms. The first-order valence-electron chi connectivity index (χ1n) is 7.81. The van der Waals surface area contributed by atoms with Crippen LogP contribution in [0.15, 0.2) is 23.1 Å². The summed E-state index contributed by atoms with van der Waals surface area (Å²) in [5.41, 5.74) is 1.93. The monoisotopic (exact) mass is 310 g/mol. The molecule has 118 valence electrons. The average Bonchev–Trinajstić information content (AvgIpc) is 2.42. The van der Waals surface area contributed by atoms with Gasteiger partial charge in [-0.1, -0.05) is 32.4 Å². The lowest BCUT2D eigenvalue weighted by Gasteiger charge is -2.34. The summed E-state index contributed by atoms with van der Waals surface area (Å²) in [6.45, 7) is 5.62. The molecular formula is C16H26N2O2S. The summed E-state index contributed by atoms with van der Waals surface area (Å²) >= 11 is 0. The second-order valence-corrected chi connectivity index (χ2v) is 7.65. The van der Waals surface area contributed by atoms with E-state index in [2.05, 4.69) is 5.32 Å². The molecule has 1 fully saturated rings. The van der Waals surface area contributed by atoms with Gasteiger partial charge in [-0.15, -0.1) is 0 Å². The van der Waals surface area contributed by atoms with Crippen molar-refractivity contribution in [1.29, 1.82) is 0 Å². The van der Waals surface area contributed by atoms with Gasteiger partial charge in [-0.2, -0.15) is 4.31 Å². The van der Waals surface area contributed by atoms with Crippen molar-refractivity contribution in [2.24, 2.45) is 0 Å². The summed E-state index contributed by atoms with van der Waals surface area (Å²) in [6.07, 6.45) is 3.82. The van der Waals surface area contributed by atoms with Gasteiger partial charge in [0, 0.05) is 19.6 Å². The molecule has 0 heterocycles. The third-order valence-corrected chi connectivity index (χ3v) is 6.33. The zero-order valence-electron chi connectivity index (χ0n) is 13.2. The summed E-state index contributed by atoms with van der Waals surface area (Å²) in [6, 6.07) is 5.99. The fourth-order valence-electron chi connectivity index (χ4n) is 2.61. The van der Waals surface area contributed by atoms with E-state index in [1.54, 1.807) is 11.4 Å². The van der Waals surface area contributed by atoms with Crippen molar-refractivity contribution in [3.05, 3.63) is 29.3 Å². The normalized spacial score (nSPS) is 16.2. The van der Waals surface area contributed by atoms with E-state index in [0.29, 0.717) is 11.4 Å². The Kier molecular flexibility index (Phi) is 5.41. The molecule has 0 atom stereocenters. The van der Waals surface area contributed by atoms with E-state index in [1.807, 2.05) is 32.0 Å². The number of rotatable bonds is 7. The maximum Gasteiger partial charge on any atom is 0.243 e. The third kappa shape index (κ3) is 3.47. The highest BCUT2D eigenvalue weighted by atomic mass is 32.2. The van der Waals surface area contributed by atoms with Crippen LogP contribution in [0, 0.1) is 0 Å². The first-order chi connectivity index (χ1) is 10.0. The van der Waals surface area contributed by atoms with Crippen molar-refractivity contribution in [2.75, 3.05) is 13.6 Å². The Morgan fingerprint density at radius 1 is 1.29 bits per heavy atom. The van der Waals surface area contributed by atoms with Crippen LogP contribution in [0.25, 0.3) is 0 Å². The molecule has 1 aliphatic rings. The Bertz CT molecular complexity index is 580. The number of nitrogens with one attached hydrogen (secondary N) is 1. The van der Waals surface area contributed by atoms with E-state index in [-0.39, 0.29) is 6.04 Å². The number of hydrogen-bond acceptors (Lipinski definition) is 3. The van der Waals surface area contributed by atoms with Gasteiger partial charge in [-0.25, -0.2) is 8.42 Å². The Hall–Kier alpha value is -0.910. The highest BCUT2D eigenvalue weighted by molar-refractivity contribution is 7.89. The van der Waals surface area contributed by atoms with Crippen molar-refractivity contribution in [3.8, 4) is 0 Å². The topological polar surface area (TPSA) is 49.4 Å². The fourth-order valence-corrected chi connectivity index (χ4v) is 4.37. The lowest BCUT2D eigenvalue weighted by Crippen LogP contribution is -2.41. The van der Waals surface area contributed by atoms with Gasteiger partial charge in [-0.05, 0) is 43.0 Å². The SMILES string of the molecule is CCNCc1ccc(CC)c(S(=O)(=O)N(C)C2CCC2)c1. The zero-order chi connectivity index (χ0) is 15.5. The lowest BCUT2D eigenvalue weighted by atomic mass is 9.94. The molecule has 0 radical (unpaired) electrons. The van der Waals surface area contributed by atoms with E-state index in [1.165, 1.54) is 0 Å². The molecule has 1 saturated carbocycles. The highest BCUT2D eigenvalue weighted by Crippen LogP contribution is 2.30. The van der Waals surface area contributed by atoms with Crippen molar-refractivity contribution in [1.82, 2.24) is 9.62 Å². The van der Waals surface area contributed by atoms with Gasteiger partial charge >= 0.3 is 0 Å². The number of hydrogen-bond donors (Lipinski definition) is 1. The van der Waals surface area contributed by atoms with Gasteiger partial charge in [0.05, 0.1) is 4.90 Å². The van der Waals surface area contributed by atoms with E-state index >= 15 is 0 Å². The van der Waals surface area contributed by atoms with Crippen LogP contribution in [0.2, 0.25) is 0 Å². The van der Waals surface area contributed by atoms with Crippen LogP contribution in [0.3, 0.4) is 0 Å². The van der Waals surface area contributed by atoms with E-state index in [9.17, 15) is 8.42 Å². The molecule has 1 aliphatic carbocycles. The van der Waals surface area contributed by atoms with Gasteiger partial charge in [0.25, 0.3) is 0 Å². The summed E-state index contributed by atoms with van der Waals surface area (Å²) < 4.78 is 27.3. The van der Waals surface area contributed by atoms with Crippen LogP contribution < -0.4 is 5.32 Å². The maximum absolute atomic E-state index is 12.9. The molecule has 2 rings (SSSR count). The summed E-state index contributed by atoms with van der Waals surface area (Å²) in [4.78, 5) is 0.481. The summed E-state index contributed by atoms with van der Waals surface area (Å²) in [5.74, 6) is 0. The van der Waals surface area contributed by atoms with Gasteiger partial charge in [0.2, 0.25) is 10.0 Å². The van der Waals surface area contributed by atoms with Crippen LogP contribution >= 0.6 is 0 Å². The van der Waals surface area contributed by atoms with Crippen LogP contribution in [0.1, 0.15) is 44.2 Å². The third-order valence-electron chi connectivity index (χ3n) is 4.34. The molecule has 0 bridgehead atoms. The zero-order valence-corrected chi connectivity index (χ0v) is 14.0. The highest BCUT2D eigenvalue weighted by Gasteiger charge is 2.32. The Morgan fingerprint density at radius 3 is 2.52 bits per heavy atom. The van der Waals surface area contributed by atoms with Crippen LogP contribution in [-0.2, 0) is 23.0 Å². The molecule has 0 spiro atoms. The maximum atomic E-state index is 12.9. The minimum atomic E-state index is -3.38. The summed E-state index contributed by atoms with van der Waals surface area (Å²) in [5, 5.41) is 3.25. The molecule has 0 aromatic heterocycles. The molecule has 0 unspecified atom stereocenters. The Labute approximate surface area is 128 Å². The minimum absolute atomic E-state index is 0.178. The van der Waals surface area contributed by atoms with Crippen molar-refractivity contribution >= 4 is 10.0 Å². The first-order valence-corrected chi connectivity index (χ1v) is 9.25. The quantitative estimate of drug-likeness (QED) is 0.842. The van der Waals surface area contributed by atoms with E-state index in [4.69, 9.17) is 0 Å². The molecule has 1 aromatic carbocycles. The van der Waals surface area contributed by atoms with E-state index < -0.39 is 10.0 Å². The predicted molar refractivity (Wildman–Crippen MR) is 85.8 cm³/mol. The average molecular weight is 310 g/mol. The standard InChI is InChI=1S/C16H26N2O2S/c1-4-14-10-9-13(12-17-5-2)11-16(14)21(19,20)18(3)15-7-6-8-15/h9-11,15,17H,4-8,12H2,1-3H3. The molecule has 0 amide bonds. The molecule has 4 nitrogen and oxygen atoms in total. The molecule has 5 heteroatoms. The van der Waals surface area contributed by atoms with Gasteiger partial charge < -0.3 is 5.32 Å². The Morgan fingerprint density at radius 2 is 2.00 bits per heavy atom. The largest absolute Gasteiger partial charge is 0.313 e. The van der Waals surface area contributed by atoms with Gasteiger partial charge in [-0.3, -0.25) is 0 Å². The predicted octanol–water partition coefficient (Wildman–Crippen LogP) is 2.53. The second kappa shape index (κ2) is 6.90. The first kappa shape index (κ1) is 16.5. The minimum Gasteiger partial charge on any atom is -0.313 e. The molecule has 0 saturated heterocycles. The lowest BCUT2D eigenvalue weighted by molar-refractivity contribution is 0.249. The number of nitrogens with zero attached hydrogens (tertiary/aromatic N) is 1. The molecule has 0 aliphatic heterocycles. The Balaban J connectivity index is 2.34. The molecule has 1 N–H and O–H groups in total. The van der Waals surface area contributed by atoms with E-state index in [0.717, 1.165) is 43.4 Å². The van der Waals surface area contributed by atoms with Crippen LogP contribution in [-0.4, -0.2) is 32.4 Å². The molecule has 1 aromatic rings. The number of aryl methyl sites for hydroxylation is 1. The van der Waals surface area contributed by atoms with Crippen LogP contribution in [0.4, 0.5) is 0 Å². The number of benzene rings is 1. The van der Waals surface area contributed by atoms with Crippen molar-refractivity contribution in [3.63, 3.8) is 0 Å². The van der Waals surface area contributed by atoms with Crippen molar-refractivity contribution < 1.29 is 8.42 Å². The van der Waals surface area contributed by atoms with Gasteiger partial charge in [0.15, 0.2) is 0 Å².